The molecule has 90 valence electrons. The Kier molecular flexibility index (Phi) is 3.33. The summed E-state index contributed by atoms with van der Waals surface area (Å²) in [6.07, 6.45) is -6.90. The minimum Gasteiger partial charge on any atom is -0.387 e. The highest BCUT2D eigenvalue weighted by Crippen LogP contribution is 2.30. The highest BCUT2D eigenvalue weighted by atomic mass is 19.4. The van der Waals surface area contributed by atoms with Gasteiger partial charge in [-0.15, -0.1) is 0 Å². The lowest BCUT2D eigenvalue weighted by molar-refractivity contribution is -0.221. The normalized spacial score (nSPS) is 24.0. The third kappa shape index (κ3) is 2.83. The zero-order valence-electron chi connectivity index (χ0n) is 8.75. The van der Waals surface area contributed by atoms with Gasteiger partial charge in [-0.2, -0.15) is 13.2 Å². The molecule has 1 aliphatic rings. The molecule has 0 radical (unpaired) electrons. The van der Waals surface area contributed by atoms with E-state index in [4.69, 9.17) is 5.11 Å². The van der Waals surface area contributed by atoms with Gasteiger partial charge in [0.25, 0.3) is 0 Å². The van der Waals surface area contributed by atoms with Gasteiger partial charge in [0.15, 0.2) is 6.10 Å². The first-order valence-corrected chi connectivity index (χ1v) is 4.84. The van der Waals surface area contributed by atoms with Gasteiger partial charge in [-0.25, -0.2) is 0 Å². The molecule has 0 aromatic heterocycles. The second kappa shape index (κ2) is 3.92. The molecule has 0 aromatic rings. The highest BCUT2D eigenvalue weighted by Gasteiger charge is 2.47. The Labute approximate surface area is 86.5 Å². The molecule has 0 bridgehead atoms. The quantitative estimate of drug-likeness (QED) is 0.742. The van der Waals surface area contributed by atoms with Gasteiger partial charge in [-0.3, -0.25) is 4.90 Å². The molecule has 1 atom stereocenters. The number of likely N-dealkylation sites (tertiary alicyclic amines) is 1. The van der Waals surface area contributed by atoms with Gasteiger partial charge in [0.05, 0.1) is 5.60 Å². The highest BCUT2D eigenvalue weighted by molar-refractivity contribution is 4.98. The monoisotopic (exact) mass is 227 g/mol. The Bertz CT molecular complexity index is 224. The van der Waals surface area contributed by atoms with E-state index in [1.54, 1.807) is 0 Å². The predicted octanol–water partition coefficient (Wildman–Crippen LogP) is 0.612. The Morgan fingerprint density at radius 3 is 2.13 bits per heavy atom. The van der Waals surface area contributed by atoms with Crippen LogP contribution >= 0.6 is 0 Å². The van der Waals surface area contributed by atoms with Crippen molar-refractivity contribution in [2.75, 3.05) is 19.6 Å². The number of alkyl halides is 3. The topological polar surface area (TPSA) is 43.7 Å². The zero-order valence-corrected chi connectivity index (χ0v) is 8.75. The summed E-state index contributed by atoms with van der Waals surface area (Å²) >= 11 is 0. The fourth-order valence-corrected chi connectivity index (χ4v) is 1.57. The summed E-state index contributed by atoms with van der Waals surface area (Å²) < 4.78 is 35.9. The van der Waals surface area contributed by atoms with Gasteiger partial charge in [0, 0.05) is 19.6 Å². The Balaban J connectivity index is 2.35. The lowest BCUT2D eigenvalue weighted by atomic mass is 9.83. The molecule has 15 heavy (non-hydrogen) atoms. The van der Waals surface area contributed by atoms with Crippen LogP contribution in [0.1, 0.15) is 13.8 Å². The van der Waals surface area contributed by atoms with Crippen LogP contribution in [0.3, 0.4) is 0 Å². The van der Waals surface area contributed by atoms with E-state index in [1.807, 2.05) is 13.8 Å². The summed E-state index contributed by atoms with van der Waals surface area (Å²) in [6, 6.07) is 0. The van der Waals surface area contributed by atoms with Crippen molar-refractivity contribution in [1.82, 2.24) is 4.90 Å². The fraction of sp³-hybridized carbons (Fsp3) is 1.00. The van der Waals surface area contributed by atoms with Gasteiger partial charge in [-0.1, -0.05) is 13.8 Å². The number of nitrogens with zero attached hydrogens (tertiary/aromatic N) is 1. The van der Waals surface area contributed by atoms with Crippen molar-refractivity contribution in [1.29, 1.82) is 0 Å². The first-order valence-electron chi connectivity index (χ1n) is 4.84. The molecule has 1 fully saturated rings. The van der Waals surface area contributed by atoms with Crippen LogP contribution in [0.15, 0.2) is 0 Å². The third-order valence-electron chi connectivity index (χ3n) is 2.88. The minimum absolute atomic E-state index is 0.0109. The van der Waals surface area contributed by atoms with E-state index in [0.29, 0.717) is 0 Å². The molecular weight excluding hydrogens is 211 g/mol. The van der Waals surface area contributed by atoms with E-state index in [9.17, 15) is 18.3 Å². The van der Waals surface area contributed by atoms with E-state index in [0.717, 1.165) is 0 Å². The standard InChI is InChI=1S/C9H16F3NO2/c1-6(2)8(15)4-13(5-8)3-7(14)9(10,11)12/h6-7,14-15H,3-5H2,1-2H3. The van der Waals surface area contributed by atoms with Crippen molar-refractivity contribution in [2.45, 2.75) is 31.7 Å². The van der Waals surface area contributed by atoms with Crippen LogP contribution in [0, 0.1) is 5.92 Å². The summed E-state index contributed by atoms with van der Waals surface area (Å²) in [5, 5.41) is 18.6. The number of hydrogen-bond acceptors (Lipinski definition) is 3. The molecule has 0 amide bonds. The van der Waals surface area contributed by atoms with E-state index >= 15 is 0 Å². The Morgan fingerprint density at radius 1 is 1.33 bits per heavy atom. The minimum atomic E-state index is -4.58. The van der Waals surface area contributed by atoms with E-state index < -0.39 is 24.4 Å². The second-order valence-corrected chi connectivity index (χ2v) is 4.49. The van der Waals surface area contributed by atoms with Crippen LogP contribution in [0.5, 0.6) is 0 Å². The average Bonchev–Trinajstić information content (AvgIpc) is 1.98. The van der Waals surface area contributed by atoms with Crippen LogP contribution in [-0.2, 0) is 0 Å². The number of aliphatic hydroxyl groups is 2. The molecule has 1 saturated heterocycles. The van der Waals surface area contributed by atoms with Crippen molar-refractivity contribution >= 4 is 0 Å². The second-order valence-electron chi connectivity index (χ2n) is 4.49. The molecule has 3 nitrogen and oxygen atoms in total. The third-order valence-corrected chi connectivity index (χ3v) is 2.88. The van der Waals surface area contributed by atoms with E-state index in [1.165, 1.54) is 4.90 Å². The molecule has 2 N–H and O–H groups in total. The molecule has 0 spiro atoms. The number of hydrogen-bond donors (Lipinski definition) is 2. The smallest absolute Gasteiger partial charge is 0.387 e. The van der Waals surface area contributed by atoms with Crippen LogP contribution in [-0.4, -0.2) is 52.6 Å². The van der Waals surface area contributed by atoms with Crippen LogP contribution < -0.4 is 0 Å². The maximum absolute atomic E-state index is 12.0. The molecule has 0 saturated carbocycles. The van der Waals surface area contributed by atoms with Crippen LogP contribution in [0.2, 0.25) is 0 Å². The Hall–Kier alpha value is -0.330. The number of β-amino-alcohol motifs (C(OH)–C–C–N with tert-alkyl or cyclic N) is 2. The van der Waals surface area contributed by atoms with Crippen molar-refractivity contribution < 1.29 is 23.4 Å². The molecule has 1 rings (SSSR count). The van der Waals surface area contributed by atoms with Crippen molar-refractivity contribution in [3.63, 3.8) is 0 Å². The summed E-state index contributed by atoms with van der Waals surface area (Å²) in [4.78, 5) is 1.40. The van der Waals surface area contributed by atoms with E-state index in [-0.39, 0.29) is 19.0 Å². The van der Waals surface area contributed by atoms with Crippen LogP contribution in [0.25, 0.3) is 0 Å². The molecular formula is C9H16F3NO2. The number of rotatable bonds is 3. The zero-order chi connectivity index (χ0) is 11.9. The first-order chi connectivity index (χ1) is 6.65. The molecule has 1 aliphatic heterocycles. The maximum Gasteiger partial charge on any atom is 0.415 e. The molecule has 0 aromatic carbocycles. The van der Waals surface area contributed by atoms with Crippen molar-refractivity contribution in [2.24, 2.45) is 5.92 Å². The maximum atomic E-state index is 12.0. The average molecular weight is 227 g/mol. The Morgan fingerprint density at radius 2 is 1.80 bits per heavy atom. The van der Waals surface area contributed by atoms with Gasteiger partial charge in [0.1, 0.15) is 0 Å². The van der Waals surface area contributed by atoms with Crippen molar-refractivity contribution in [3.8, 4) is 0 Å². The molecule has 0 aliphatic carbocycles. The lowest BCUT2D eigenvalue weighted by Crippen LogP contribution is -2.66. The molecule has 6 heteroatoms. The first kappa shape index (κ1) is 12.7. The molecule has 1 heterocycles. The van der Waals surface area contributed by atoms with Gasteiger partial charge < -0.3 is 10.2 Å². The number of aliphatic hydroxyl groups excluding tert-OH is 1. The van der Waals surface area contributed by atoms with Gasteiger partial charge >= 0.3 is 6.18 Å². The van der Waals surface area contributed by atoms with E-state index in [2.05, 4.69) is 0 Å². The summed E-state index contributed by atoms with van der Waals surface area (Å²) in [6.45, 7) is 3.56. The predicted molar refractivity (Wildman–Crippen MR) is 48.3 cm³/mol. The molecule has 1 unspecified atom stereocenters. The van der Waals surface area contributed by atoms with Crippen LogP contribution in [0.4, 0.5) is 13.2 Å². The number of halogens is 3. The fourth-order valence-electron chi connectivity index (χ4n) is 1.57. The van der Waals surface area contributed by atoms with Gasteiger partial charge in [-0.05, 0) is 5.92 Å². The SMILES string of the molecule is CC(C)C1(O)CN(CC(O)C(F)(F)F)C1. The summed E-state index contributed by atoms with van der Waals surface area (Å²) in [7, 11) is 0. The summed E-state index contributed by atoms with van der Waals surface area (Å²) in [5.41, 5.74) is -0.898. The lowest BCUT2D eigenvalue weighted by Gasteiger charge is -2.49. The summed E-state index contributed by atoms with van der Waals surface area (Å²) in [5.74, 6) is 0.0109. The van der Waals surface area contributed by atoms with Gasteiger partial charge in [0.2, 0.25) is 0 Å². The van der Waals surface area contributed by atoms with Crippen molar-refractivity contribution in [3.05, 3.63) is 0 Å². The largest absolute Gasteiger partial charge is 0.415 e.